The zero-order valence-corrected chi connectivity index (χ0v) is 20.8. The zero-order chi connectivity index (χ0) is 24.7. The second-order valence-corrected chi connectivity index (χ2v) is 9.47. The number of halogens is 1. The van der Waals surface area contributed by atoms with Crippen molar-refractivity contribution in [1.29, 1.82) is 0 Å². The van der Waals surface area contributed by atoms with E-state index >= 15 is 0 Å². The van der Waals surface area contributed by atoms with Gasteiger partial charge in [0.05, 0.1) is 36.1 Å². The van der Waals surface area contributed by atoms with Crippen LogP contribution in [0, 0.1) is 0 Å². The number of methoxy groups -OCH3 is 2. The molecule has 0 radical (unpaired) electrons. The number of hydrogen-bond acceptors (Lipinski definition) is 6. The van der Waals surface area contributed by atoms with Gasteiger partial charge in [-0.1, -0.05) is 65.4 Å². The van der Waals surface area contributed by atoms with Gasteiger partial charge in [-0.3, -0.25) is 9.36 Å². The topological polar surface area (TPSA) is 69.9 Å². The normalized spacial score (nSPS) is 15.7. The first-order valence-electron chi connectivity index (χ1n) is 10.8. The lowest BCUT2D eigenvalue weighted by Gasteiger charge is -2.24. The van der Waals surface area contributed by atoms with Crippen LogP contribution in [0.25, 0.3) is 16.8 Å². The molecule has 2 heterocycles. The van der Waals surface area contributed by atoms with E-state index in [-0.39, 0.29) is 5.56 Å². The summed E-state index contributed by atoms with van der Waals surface area (Å²) in [5.41, 5.74) is 2.11. The van der Waals surface area contributed by atoms with Gasteiger partial charge in [0.2, 0.25) is 0 Å². The molecule has 8 heteroatoms. The molecule has 0 fully saturated rings. The van der Waals surface area contributed by atoms with Gasteiger partial charge in [-0.2, -0.15) is 0 Å². The van der Waals surface area contributed by atoms with Gasteiger partial charge in [0.1, 0.15) is 5.75 Å². The van der Waals surface area contributed by atoms with E-state index in [1.54, 1.807) is 42.9 Å². The van der Waals surface area contributed by atoms with Crippen molar-refractivity contribution in [1.82, 2.24) is 4.57 Å². The highest BCUT2D eigenvalue weighted by atomic mass is 35.5. The second kappa shape index (κ2) is 9.17. The van der Waals surface area contributed by atoms with Crippen molar-refractivity contribution in [3.8, 4) is 5.75 Å². The number of esters is 1. The summed E-state index contributed by atoms with van der Waals surface area (Å²) in [5, 5.41) is 2.57. The first-order chi connectivity index (χ1) is 16.9. The number of thiazole rings is 1. The Morgan fingerprint density at radius 3 is 2.54 bits per heavy atom. The van der Waals surface area contributed by atoms with E-state index in [9.17, 15) is 9.59 Å². The molecule has 4 aromatic rings. The fourth-order valence-corrected chi connectivity index (χ4v) is 5.54. The maximum absolute atomic E-state index is 13.8. The Labute approximate surface area is 210 Å². The molecule has 1 aromatic heterocycles. The van der Waals surface area contributed by atoms with E-state index in [0.717, 1.165) is 21.9 Å². The predicted molar refractivity (Wildman–Crippen MR) is 138 cm³/mol. The summed E-state index contributed by atoms with van der Waals surface area (Å²) < 4.78 is 12.7. The Balaban J connectivity index is 1.80. The third kappa shape index (κ3) is 3.96. The highest BCUT2D eigenvalue weighted by Crippen LogP contribution is 2.32. The lowest BCUT2D eigenvalue weighted by molar-refractivity contribution is -0.136. The largest absolute Gasteiger partial charge is 0.496 e. The Morgan fingerprint density at radius 1 is 1.09 bits per heavy atom. The van der Waals surface area contributed by atoms with E-state index < -0.39 is 12.0 Å². The molecular formula is C27H21ClN2O4S. The van der Waals surface area contributed by atoms with Crippen molar-refractivity contribution in [3.63, 3.8) is 0 Å². The summed E-state index contributed by atoms with van der Waals surface area (Å²) in [6.45, 7) is 1.75. The number of allylic oxidation sites excluding steroid dienone is 1. The SMILES string of the molecule is COC(=O)C1=C(C)N=c2s/c(=C\c3c(OC)ccc4ccccc34)c(=O)n2[C@@H]1c1ccc(Cl)cc1. The van der Waals surface area contributed by atoms with Gasteiger partial charge in [0, 0.05) is 10.6 Å². The minimum absolute atomic E-state index is 0.252. The zero-order valence-electron chi connectivity index (χ0n) is 19.2. The van der Waals surface area contributed by atoms with Crippen molar-refractivity contribution < 1.29 is 14.3 Å². The first-order valence-corrected chi connectivity index (χ1v) is 12.0. The lowest BCUT2D eigenvalue weighted by Crippen LogP contribution is -2.39. The van der Waals surface area contributed by atoms with Gasteiger partial charge in [-0.05, 0) is 47.5 Å². The number of rotatable bonds is 4. The summed E-state index contributed by atoms with van der Waals surface area (Å²) in [6, 6.07) is 18.2. The summed E-state index contributed by atoms with van der Waals surface area (Å²) in [4.78, 5) is 31.7. The molecule has 0 aliphatic carbocycles. The first kappa shape index (κ1) is 23.1. The molecule has 0 saturated heterocycles. The third-order valence-electron chi connectivity index (χ3n) is 6.04. The molecule has 0 N–H and O–H groups in total. The molecule has 35 heavy (non-hydrogen) atoms. The molecule has 0 amide bonds. The third-order valence-corrected chi connectivity index (χ3v) is 7.27. The quantitative estimate of drug-likeness (QED) is 0.390. The number of ether oxygens (including phenoxy) is 2. The molecule has 176 valence electrons. The molecule has 6 nitrogen and oxygen atoms in total. The molecule has 1 aliphatic heterocycles. The molecule has 3 aromatic carbocycles. The maximum Gasteiger partial charge on any atom is 0.338 e. The minimum Gasteiger partial charge on any atom is -0.496 e. The van der Waals surface area contributed by atoms with Gasteiger partial charge in [0.25, 0.3) is 5.56 Å². The lowest BCUT2D eigenvalue weighted by atomic mass is 9.96. The highest BCUT2D eigenvalue weighted by Gasteiger charge is 2.33. The molecule has 5 rings (SSSR count). The maximum atomic E-state index is 13.8. The smallest absolute Gasteiger partial charge is 0.338 e. The summed E-state index contributed by atoms with van der Waals surface area (Å²) >= 11 is 7.37. The Morgan fingerprint density at radius 2 is 1.83 bits per heavy atom. The standard InChI is InChI=1S/C27H21ClN2O4S/c1-15-23(26(32)34-3)24(17-8-11-18(28)12-9-17)30-25(31)22(35-27(30)29-15)14-20-19-7-5-4-6-16(19)10-13-21(20)33-2/h4-14,24H,1-3H3/b22-14-/t24-/m1/s1. The second-order valence-electron chi connectivity index (χ2n) is 8.03. The van der Waals surface area contributed by atoms with E-state index in [1.165, 1.54) is 18.4 Å². The number of nitrogens with zero attached hydrogens (tertiary/aromatic N) is 2. The van der Waals surface area contributed by atoms with Gasteiger partial charge >= 0.3 is 5.97 Å². The Hall–Kier alpha value is -3.68. The van der Waals surface area contributed by atoms with Crippen LogP contribution in [-0.4, -0.2) is 24.8 Å². The molecule has 1 atom stereocenters. The van der Waals surface area contributed by atoms with Crippen LogP contribution >= 0.6 is 22.9 Å². The number of hydrogen-bond donors (Lipinski definition) is 0. The molecule has 0 bridgehead atoms. The van der Waals surface area contributed by atoms with Gasteiger partial charge in [-0.25, -0.2) is 9.79 Å². The molecule has 0 saturated carbocycles. The van der Waals surface area contributed by atoms with Crippen LogP contribution in [-0.2, 0) is 9.53 Å². The number of carbonyl (C=O) groups excluding carboxylic acids is 1. The van der Waals surface area contributed by atoms with Crippen LogP contribution in [0.4, 0.5) is 0 Å². The van der Waals surface area contributed by atoms with Crippen LogP contribution in [0.2, 0.25) is 5.02 Å². The number of aromatic nitrogens is 1. The molecule has 0 spiro atoms. The minimum atomic E-state index is -0.687. The van der Waals surface area contributed by atoms with Crippen molar-refractivity contribution in [2.75, 3.05) is 14.2 Å². The van der Waals surface area contributed by atoms with Crippen LogP contribution in [0.5, 0.6) is 5.75 Å². The summed E-state index contributed by atoms with van der Waals surface area (Å²) in [5.74, 6) is 0.131. The van der Waals surface area contributed by atoms with E-state index in [2.05, 4.69) is 4.99 Å². The highest BCUT2D eigenvalue weighted by molar-refractivity contribution is 7.07. The van der Waals surface area contributed by atoms with Crippen molar-refractivity contribution in [2.45, 2.75) is 13.0 Å². The van der Waals surface area contributed by atoms with Crippen LogP contribution < -0.4 is 19.6 Å². The van der Waals surface area contributed by atoms with Crippen LogP contribution in [0.1, 0.15) is 24.1 Å². The Kier molecular flexibility index (Phi) is 6.05. The van der Waals surface area contributed by atoms with Crippen LogP contribution in [0.3, 0.4) is 0 Å². The van der Waals surface area contributed by atoms with Crippen LogP contribution in [0.15, 0.2) is 81.7 Å². The monoisotopic (exact) mass is 504 g/mol. The fraction of sp³-hybridized carbons (Fsp3) is 0.148. The van der Waals surface area contributed by atoms with Gasteiger partial charge < -0.3 is 9.47 Å². The van der Waals surface area contributed by atoms with E-state index in [1.807, 2.05) is 42.5 Å². The van der Waals surface area contributed by atoms with Gasteiger partial charge in [-0.15, -0.1) is 0 Å². The fourth-order valence-electron chi connectivity index (χ4n) is 4.39. The Bertz CT molecular complexity index is 1680. The van der Waals surface area contributed by atoms with Gasteiger partial charge in [0.15, 0.2) is 4.80 Å². The van der Waals surface area contributed by atoms with Crippen molar-refractivity contribution in [2.24, 2.45) is 4.99 Å². The average molecular weight is 505 g/mol. The summed E-state index contributed by atoms with van der Waals surface area (Å²) in [6.07, 6.45) is 1.83. The average Bonchev–Trinajstić information content (AvgIpc) is 3.17. The predicted octanol–water partition coefficient (Wildman–Crippen LogP) is 4.22. The van der Waals surface area contributed by atoms with E-state index in [0.29, 0.717) is 31.4 Å². The number of fused-ring (bicyclic) bond motifs is 2. The molecule has 0 unspecified atom stereocenters. The molecular weight excluding hydrogens is 484 g/mol. The number of benzene rings is 3. The van der Waals surface area contributed by atoms with Crippen molar-refractivity contribution in [3.05, 3.63) is 108 Å². The molecule has 1 aliphatic rings. The summed E-state index contributed by atoms with van der Waals surface area (Å²) in [7, 11) is 2.93. The van der Waals surface area contributed by atoms with E-state index in [4.69, 9.17) is 21.1 Å². The number of carbonyl (C=O) groups is 1. The van der Waals surface area contributed by atoms with Crippen molar-refractivity contribution >= 4 is 45.8 Å².